The third kappa shape index (κ3) is 2.76. The van der Waals surface area contributed by atoms with E-state index in [0.717, 1.165) is 19.5 Å². The number of nitrogens with two attached hydrogens (primary N) is 1. The van der Waals surface area contributed by atoms with Crippen molar-refractivity contribution >= 4 is 11.5 Å². The molecule has 6 nitrogen and oxygen atoms in total. The van der Waals surface area contributed by atoms with Gasteiger partial charge in [-0.05, 0) is 19.4 Å². The predicted octanol–water partition coefficient (Wildman–Crippen LogP) is -0.0696. The Bertz CT molecular complexity index is 424. The van der Waals surface area contributed by atoms with Gasteiger partial charge in [0.15, 0.2) is 5.82 Å². The van der Waals surface area contributed by atoms with Gasteiger partial charge in [0, 0.05) is 19.6 Å². The molecule has 4 N–H and O–H groups in total. The molecular weight excluding hydrogens is 218 g/mol. The van der Waals surface area contributed by atoms with E-state index < -0.39 is 0 Å². The van der Waals surface area contributed by atoms with E-state index in [1.54, 1.807) is 0 Å². The van der Waals surface area contributed by atoms with E-state index in [0.29, 0.717) is 11.9 Å². The molecule has 0 aromatic carbocycles. The Hall–Kier alpha value is -1.56. The topological polar surface area (TPSA) is 87.0 Å². The first-order valence-corrected chi connectivity index (χ1v) is 5.96. The fraction of sp³-hybridized carbons (Fsp3) is 0.636. The lowest BCUT2D eigenvalue weighted by atomic mass is 10.0. The SMILES string of the molecule is CN(CC1CCCCN1)c1nc[nH]c(=O)c1N. The molecule has 1 aromatic heterocycles. The van der Waals surface area contributed by atoms with Crippen LogP contribution >= 0.6 is 0 Å². The molecule has 0 bridgehead atoms. The summed E-state index contributed by atoms with van der Waals surface area (Å²) in [5.74, 6) is 0.557. The van der Waals surface area contributed by atoms with Crippen LogP contribution in [0, 0.1) is 0 Å². The summed E-state index contributed by atoms with van der Waals surface area (Å²) in [6.45, 7) is 1.89. The van der Waals surface area contributed by atoms with Gasteiger partial charge in [0.25, 0.3) is 5.56 Å². The van der Waals surface area contributed by atoms with Crippen LogP contribution in [0.15, 0.2) is 11.1 Å². The number of hydrogen-bond donors (Lipinski definition) is 3. The fourth-order valence-electron chi connectivity index (χ4n) is 2.20. The van der Waals surface area contributed by atoms with Crippen LogP contribution in [0.3, 0.4) is 0 Å². The molecule has 1 saturated heterocycles. The van der Waals surface area contributed by atoms with Crippen LogP contribution in [0.1, 0.15) is 19.3 Å². The fourth-order valence-corrected chi connectivity index (χ4v) is 2.20. The molecule has 0 saturated carbocycles. The first-order valence-electron chi connectivity index (χ1n) is 5.96. The summed E-state index contributed by atoms with van der Waals surface area (Å²) in [6.07, 6.45) is 5.04. The summed E-state index contributed by atoms with van der Waals surface area (Å²) < 4.78 is 0. The molecule has 1 aliphatic heterocycles. The zero-order valence-corrected chi connectivity index (χ0v) is 10.1. The minimum absolute atomic E-state index is 0.186. The molecule has 1 fully saturated rings. The normalized spacial score (nSPS) is 20.2. The molecule has 0 amide bonds. The summed E-state index contributed by atoms with van der Waals surface area (Å²) in [6, 6.07) is 0.453. The van der Waals surface area contributed by atoms with Crippen molar-refractivity contribution in [2.45, 2.75) is 25.3 Å². The molecule has 17 heavy (non-hydrogen) atoms. The number of likely N-dealkylation sites (N-methyl/N-ethyl adjacent to an activating group) is 1. The highest BCUT2D eigenvalue weighted by Gasteiger charge is 2.17. The second-order valence-electron chi connectivity index (χ2n) is 4.50. The van der Waals surface area contributed by atoms with Crippen LogP contribution in [0.5, 0.6) is 0 Å². The number of hydrogen-bond acceptors (Lipinski definition) is 5. The van der Waals surface area contributed by atoms with Crippen molar-refractivity contribution < 1.29 is 0 Å². The predicted molar refractivity (Wildman–Crippen MR) is 68.2 cm³/mol. The zero-order valence-electron chi connectivity index (χ0n) is 10.1. The number of aromatic amines is 1. The summed E-state index contributed by atoms with van der Waals surface area (Å²) in [5, 5.41) is 3.46. The first-order chi connectivity index (χ1) is 8.18. The molecular formula is C11H19N5O. The maximum absolute atomic E-state index is 11.4. The number of aromatic nitrogens is 2. The number of piperidine rings is 1. The van der Waals surface area contributed by atoms with E-state index in [1.165, 1.54) is 19.2 Å². The van der Waals surface area contributed by atoms with Gasteiger partial charge in [-0.15, -0.1) is 0 Å². The van der Waals surface area contributed by atoms with Gasteiger partial charge in [-0.1, -0.05) is 6.42 Å². The number of nitrogens with one attached hydrogen (secondary N) is 2. The Morgan fingerprint density at radius 2 is 2.41 bits per heavy atom. The van der Waals surface area contributed by atoms with Crippen LogP contribution in [0.25, 0.3) is 0 Å². The van der Waals surface area contributed by atoms with Gasteiger partial charge in [0.2, 0.25) is 0 Å². The van der Waals surface area contributed by atoms with E-state index in [2.05, 4.69) is 15.3 Å². The second kappa shape index (κ2) is 5.18. The van der Waals surface area contributed by atoms with Crippen molar-refractivity contribution in [3.63, 3.8) is 0 Å². The minimum Gasteiger partial charge on any atom is -0.391 e. The zero-order chi connectivity index (χ0) is 12.3. The number of nitrogen functional groups attached to an aromatic ring is 1. The first kappa shape index (κ1) is 11.9. The number of nitrogens with zero attached hydrogens (tertiary/aromatic N) is 2. The molecule has 1 aromatic rings. The lowest BCUT2D eigenvalue weighted by Crippen LogP contribution is -2.43. The maximum atomic E-state index is 11.4. The van der Waals surface area contributed by atoms with Gasteiger partial charge in [0.05, 0.1) is 6.33 Å². The van der Waals surface area contributed by atoms with E-state index in [9.17, 15) is 4.79 Å². The molecule has 2 rings (SSSR count). The Morgan fingerprint density at radius 1 is 1.59 bits per heavy atom. The number of anilines is 2. The average Bonchev–Trinajstić information content (AvgIpc) is 2.34. The van der Waals surface area contributed by atoms with Gasteiger partial charge >= 0.3 is 0 Å². The van der Waals surface area contributed by atoms with Gasteiger partial charge in [-0.2, -0.15) is 0 Å². The third-order valence-electron chi connectivity index (χ3n) is 3.14. The van der Waals surface area contributed by atoms with Gasteiger partial charge in [-0.25, -0.2) is 4.98 Å². The van der Waals surface area contributed by atoms with E-state index in [-0.39, 0.29) is 11.2 Å². The Morgan fingerprint density at radius 3 is 3.12 bits per heavy atom. The second-order valence-corrected chi connectivity index (χ2v) is 4.50. The van der Waals surface area contributed by atoms with Crippen LogP contribution in [0.2, 0.25) is 0 Å². The third-order valence-corrected chi connectivity index (χ3v) is 3.14. The minimum atomic E-state index is -0.279. The molecule has 1 atom stereocenters. The molecule has 6 heteroatoms. The molecule has 2 heterocycles. The van der Waals surface area contributed by atoms with Crippen molar-refractivity contribution in [2.24, 2.45) is 0 Å². The summed E-state index contributed by atoms with van der Waals surface area (Å²) >= 11 is 0. The molecule has 1 aliphatic rings. The molecule has 1 unspecified atom stereocenters. The summed E-state index contributed by atoms with van der Waals surface area (Å²) in [7, 11) is 1.91. The van der Waals surface area contributed by atoms with Crippen molar-refractivity contribution in [3.05, 3.63) is 16.7 Å². The largest absolute Gasteiger partial charge is 0.391 e. The monoisotopic (exact) mass is 237 g/mol. The van der Waals surface area contributed by atoms with Crippen LogP contribution in [-0.4, -0.2) is 36.1 Å². The maximum Gasteiger partial charge on any atom is 0.276 e. The average molecular weight is 237 g/mol. The Balaban J connectivity index is 2.06. The van der Waals surface area contributed by atoms with Crippen LogP contribution in [0.4, 0.5) is 11.5 Å². The van der Waals surface area contributed by atoms with Gasteiger partial charge in [0.1, 0.15) is 5.69 Å². The molecule has 0 aliphatic carbocycles. The quantitative estimate of drug-likeness (QED) is 0.685. The lowest BCUT2D eigenvalue weighted by molar-refractivity contribution is 0.403. The highest BCUT2D eigenvalue weighted by molar-refractivity contribution is 5.60. The van der Waals surface area contributed by atoms with E-state index in [4.69, 9.17) is 5.73 Å². The summed E-state index contributed by atoms with van der Waals surface area (Å²) in [5.41, 5.74) is 5.63. The van der Waals surface area contributed by atoms with E-state index in [1.807, 2.05) is 11.9 Å². The van der Waals surface area contributed by atoms with Crippen LogP contribution in [-0.2, 0) is 0 Å². The Kier molecular flexibility index (Phi) is 3.63. The van der Waals surface area contributed by atoms with Crippen molar-refractivity contribution in [3.8, 4) is 0 Å². The molecule has 94 valence electrons. The van der Waals surface area contributed by atoms with Gasteiger partial charge in [-0.3, -0.25) is 4.79 Å². The number of rotatable bonds is 3. The highest BCUT2D eigenvalue weighted by atomic mass is 16.1. The highest BCUT2D eigenvalue weighted by Crippen LogP contribution is 2.15. The van der Waals surface area contributed by atoms with E-state index >= 15 is 0 Å². The van der Waals surface area contributed by atoms with Crippen molar-refractivity contribution in [1.29, 1.82) is 0 Å². The number of H-pyrrole nitrogens is 1. The smallest absolute Gasteiger partial charge is 0.276 e. The van der Waals surface area contributed by atoms with Gasteiger partial charge < -0.3 is 20.9 Å². The lowest BCUT2D eigenvalue weighted by Gasteiger charge is -2.29. The van der Waals surface area contributed by atoms with Crippen molar-refractivity contribution in [1.82, 2.24) is 15.3 Å². The molecule has 0 spiro atoms. The van der Waals surface area contributed by atoms with Crippen molar-refractivity contribution in [2.75, 3.05) is 30.8 Å². The Labute approximate surface area is 100 Å². The standard InChI is InChI=1S/C11H19N5O/c1-16(6-8-4-2-3-5-13-8)10-9(12)11(17)15-7-14-10/h7-8,13H,2-6,12H2,1H3,(H,14,15,17). The molecule has 0 radical (unpaired) electrons. The van der Waals surface area contributed by atoms with Crippen LogP contribution < -0.4 is 21.5 Å². The summed E-state index contributed by atoms with van der Waals surface area (Å²) in [4.78, 5) is 19.9.